The van der Waals surface area contributed by atoms with E-state index < -0.39 is 11.8 Å². The molecule has 0 atom stereocenters. The van der Waals surface area contributed by atoms with Gasteiger partial charge >= 0.3 is 5.97 Å². The first-order chi connectivity index (χ1) is 16.4. The van der Waals surface area contributed by atoms with Crippen LogP contribution >= 0.6 is 0 Å². The Morgan fingerprint density at radius 3 is 2.74 bits per heavy atom. The van der Waals surface area contributed by atoms with E-state index in [9.17, 15) is 14.0 Å². The Hall–Kier alpha value is -4.26. The minimum atomic E-state index is -0.946. The molecule has 0 spiro atoms. The minimum Gasteiger partial charge on any atom is -0.481 e. The zero-order valence-electron chi connectivity index (χ0n) is 18.2. The Labute approximate surface area is 194 Å². The summed E-state index contributed by atoms with van der Waals surface area (Å²) in [4.78, 5) is 27.5. The second kappa shape index (κ2) is 8.94. The van der Waals surface area contributed by atoms with E-state index in [1.54, 1.807) is 30.3 Å². The maximum atomic E-state index is 14.8. The van der Waals surface area contributed by atoms with Crippen LogP contribution in [0.2, 0.25) is 0 Å². The van der Waals surface area contributed by atoms with Crippen molar-refractivity contribution in [3.05, 3.63) is 88.7 Å². The molecule has 1 aromatic heterocycles. The fraction of sp³-hybridized carbons (Fsp3) is 0.148. The molecule has 0 saturated heterocycles. The van der Waals surface area contributed by atoms with Crippen LogP contribution in [0.3, 0.4) is 0 Å². The lowest BCUT2D eigenvalue weighted by atomic mass is 10.1. The summed E-state index contributed by atoms with van der Waals surface area (Å²) in [6.45, 7) is 0. The number of oxazole rings is 1. The third-order valence-corrected chi connectivity index (χ3v) is 5.82. The number of aromatic nitrogens is 1. The SMILES string of the molecule is O=C(O)Cc1ccc2oc(-c3ccc(C=CC(=O)Nc4ccc5c(c4)CCC5)cc3F)nc2c1. The number of hydrogen-bond donors (Lipinski definition) is 2. The third-order valence-electron chi connectivity index (χ3n) is 5.82. The van der Waals surface area contributed by atoms with Gasteiger partial charge in [0.2, 0.25) is 11.8 Å². The molecule has 0 aliphatic heterocycles. The van der Waals surface area contributed by atoms with Gasteiger partial charge in [-0.3, -0.25) is 9.59 Å². The van der Waals surface area contributed by atoms with Crippen LogP contribution in [0.5, 0.6) is 0 Å². The Bertz CT molecular complexity index is 1450. The van der Waals surface area contributed by atoms with Gasteiger partial charge in [0.05, 0.1) is 12.0 Å². The van der Waals surface area contributed by atoms with Gasteiger partial charge in [0.1, 0.15) is 11.3 Å². The van der Waals surface area contributed by atoms with Gasteiger partial charge in [-0.25, -0.2) is 9.37 Å². The molecule has 34 heavy (non-hydrogen) atoms. The van der Waals surface area contributed by atoms with Gasteiger partial charge < -0.3 is 14.8 Å². The highest BCUT2D eigenvalue weighted by Gasteiger charge is 2.14. The smallest absolute Gasteiger partial charge is 0.307 e. The number of halogens is 1. The van der Waals surface area contributed by atoms with E-state index >= 15 is 0 Å². The predicted molar refractivity (Wildman–Crippen MR) is 127 cm³/mol. The number of amides is 1. The first kappa shape index (κ1) is 21.6. The van der Waals surface area contributed by atoms with Crippen LogP contribution in [0.25, 0.3) is 28.6 Å². The van der Waals surface area contributed by atoms with Crippen LogP contribution in [0.15, 0.2) is 65.1 Å². The fourth-order valence-corrected chi connectivity index (χ4v) is 4.19. The molecule has 7 heteroatoms. The number of nitrogens with zero attached hydrogens (tertiary/aromatic N) is 1. The first-order valence-corrected chi connectivity index (χ1v) is 11.0. The Morgan fingerprint density at radius 2 is 1.91 bits per heavy atom. The second-order valence-corrected chi connectivity index (χ2v) is 8.29. The molecule has 2 N–H and O–H groups in total. The quantitative estimate of drug-likeness (QED) is 0.379. The van der Waals surface area contributed by atoms with Crippen molar-refractivity contribution in [2.45, 2.75) is 25.7 Å². The molecule has 0 unspecified atom stereocenters. The maximum absolute atomic E-state index is 14.8. The molecule has 4 aromatic rings. The zero-order valence-corrected chi connectivity index (χ0v) is 18.2. The van der Waals surface area contributed by atoms with Gasteiger partial charge in [-0.05, 0) is 84.0 Å². The topological polar surface area (TPSA) is 92.4 Å². The van der Waals surface area contributed by atoms with Crippen LogP contribution in [-0.2, 0) is 28.9 Å². The number of benzene rings is 3. The summed E-state index contributed by atoms with van der Waals surface area (Å²) in [6, 6.07) is 15.3. The second-order valence-electron chi connectivity index (χ2n) is 8.29. The number of carbonyl (C=O) groups is 2. The van der Waals surface area contributed by atoms with E-state index in [1.807, 2.05) is 12.1 Å². The highest BCUT2D eigenvalue weighted by atomic mass is 19.1. The molecule has 5 rings (SSSR count). The van der Waals surface area contributed by atoms with Crippen molar-refractivity contribution in [2.24, 2.45) is 0 Å². The molecule has 3 aromatic carbocycles. The van der Waals surface area contributed by atoms with Gasteiger partial charge in [0.15, 0.2) is 5.58 Å². The van der Waals surface area contributed by atoms with Crippen LogP contribution < -0.4 is 5.32 Å². The normalized spacial score (nSPS) is 12.9. The number of carbonyl (C=O) groups excluding carboxylic acids is 1. The van der Waals surface area contributed by atoms with Crippen molar-refractivity contribution in [1.82, 2.24) is 4.98 Å². The molecule has 170 valence electrons. The van der Waals surface area contributed by atoms with E-state index in [0.29, 0.717) is 22.2 Å². The van der Waals surface area contributed by atoms with Gasteiger partial charge in [-0.1, -0.05) is 18.2 Å². The monoisotopic (exact) mass is 456 g/mol. The van der Waals surface area contributed by atoms with Crippen molar-refractivity contribution >= 4 is 34.7 Å². The van der Waals surface area contributed by atoms with Crippen LogP contribution in [0, 0.1) is 5.82 Å². The number of carboxylic acids is 1. The van der Waals surface area contributed by atoms with Gasteiger partial charge in [0, 0.05) is 11.8 Å². The third kappa shape index (κ3) is 4.59. The largest absolute Gasteiger partial charge is 0.481 e. The lowest BCUT2D eigenvalue weighted by Crippen LogP contribution is -2.08. The maximum Gasteiger partial charge on any atom is 0.307 e. The molecular formula is C27H21FN2O4. The Kier molecular flexibility index (Phi) is 5.67. The highest BCUT2D eigenvalue weighted by Crippen LogP contribution is 2.28. The lowest BCUT2D eigenvalue weighted by Gasteiger charge is -2.05. The minimum absolute atomic E-state index is 0.102. The van der Waals surface area contributed by atoms with E-state index in [4.69, 9.17) is 9.52 Å². The van der Waals surface area contributed by atoms with Crippen molar-refractivity contribution in [2.75, 3.05) is 5.32 Å². The zero-order chi connectivity index (χ0) is 23.7. The molecule has 0 saturated carbocycles. The number of carboxylic acid groups (broad SMARTS) is 1. The summed E-state index contributed by atoms with van der Waals surface area (Å²) in [7, 11) is 0. The number of anilines is 1. The fourth-order valence-electron chi connectivity index (χ4n) is 4.19. The molecule has 0 radical (unpaired) electrons. The molecule has 1 heterocycles. The van der Waals surface area contributed by atoms with Crippen LogP contribution in [0.1, 0.15) is 28.7 Å². The van der Waals surface area contributed by atoms with Crippen molar-refractivity contribution in [3.63, 3.8) is 0 Å². The number of aryl methyl sites for hydroxylation is 2. The number of fused-ring (bicyclic) bond motifs is 2. The molecular weight excluding hydrogens is 435 g/mol. The van der Waals surface area contributed by atoms with Gasteiger partial charge in [-0.15, -0.1) is 0 Å². The summed E-state index contributed by atoms with van der Waals surface area (Å²) in [5, 5.41) is 11.8. The molecule has 1 aliphatic carbocycles. The van der Waals surface area contributed by atoms with Crippen LogP contribution in [-0.4, -0.2) is 22.0 Å². The average molecular weight is 456 g/mol. The van der Waals surface area contributed by atoms with Crippen molar-refractivity contribution in [3.8, 4) is 11.5 Å². The Morgan fingerprint density at radius 1 is 1.06 bits per heavy atom. The summed E-state index contributed by atoms with van der Waals surface area (Å²) >= 11 is 0. The molecule has 6 nitrogen and oxygen atoms in total. The van der Waals surface area contributed by atoms with E-state index in [2.05, 4.69) is 16.4 Å². The summed E-state index contributed by atoms with van der Waals surface area (Å²) in [6.07, 6.45) is 6.03. The lowest BCUT2D eigenvalue weighted by molar-refractivity contribution is -0.136. The molecule has 1 amide bonds. The predicted octanol–water partition coefficient (Wildman–Crippen LogP) is 5.40. The van der Waals surface area contributed by atoms with Crippen LogP contribution in [0.4, 0.5) is 10.1 Å². The number of aliphatic carboxylic acids is 1. The molecule has 0 bridgehead atoms. The molecule has 1 aliphatic rings. The van der Waals surface area contributed by atoms with E-state index in [-0.39, 0.29) is 23.8 Å². The van der Waals surface area contributed by atoms with E-state index in [1.165, 1.54) is 29.3 Å². The highest BCUT2D eigenvalue weighted by molar-refractivity contribution is 6.02. The number of nitrogens with one attached hydrogen (secondary N) is 1. The number of hydrogen-bond acceptors (Lipinski definition) is 4. The summed E-state index contributed by atoms with van der Waals surface area (Å²) in [5.41, 5.74) is 5.54. The van der Waals surface area contributed by atoms with E-state index in [0.717, 1.165) is 24.9 Å². The Balaban J connectivity index is 1.30. The average Bonchev–Trinajstić information content (AvgIpc) is 3.43. The van der Waals surface area contributed by atoms with Crippen molar-refractivity contribution < 1.29 is 23.5 Å². The summed E-state index contributed by atoms with van der Waals surface area (Å²) < 4.78 is 20.5. The van der Waals surface area contributed by atoms with Gasteiger partial charge in [0.25, 0.3) is 0 Å². The number of rotatable bonds is 6. The molecule has 0 fully saturated rings. The van der Waals surface area contributed by atoms with Gasteiger partial charge in [-0.2, -0.15) is 0 Å². The summed E-state index contributed by atoms with van der Waals surface area (Å²) in [5.74, 6) is -1.68. The first-order valence-electron chi connectivity index (χ1n) is 11.0. The van der Waals surface area contributed by atoms with Crippen molar-refractivity contribution in [1.29, 1.82) is 0 Å². The standard InChI is InChI=1S/C27H21FN2O4/c28-22-12-16(6-11-25(31)29-20-8-7-18-2-1-3-19(18)15-20)4-9-21(22)27-30-23-13-17(14-26(32)33)5-10-24(23)34-27/h4-13,15H,1-3,14H2,(H,29,31)(H,32,33).